The Morgan fingerprint density at radius 3 is 2.84 bits per heavy atom. The summed E-state index contributed by atoms with van der Waals surface area (Å²) in [5.74, 6) is 0. The molecule has 19 heavy (non-hydrogen) atoms. The van der Waals surface area contributed by atoms with E-state index in [2.05, 4.69) is 29.4 Å². The topological polar surface area (TPSA) is 45.1 Å². The van der Waals surface area contributed by atoms with Gasteiger partial charge in [0.25, 0.3) is 0 Å². The van der Waals surface area contributed by atoms with Gasteiger partial charge in [0, 0.05) is 25.4 Å². The molecule has 0 fully saturated rings. The molecule has 2 rings (SSSR count). The maximum Gasteiger partial charge on any atom is 0.107 e. The number of hydrogen-bond acceptors (Lipinski definition) is 4. The third kappa shape index (κ3) is 4.42. The van der Waals surface area contributed by atoms with E-state index in [4.69, 9.17) is 5.11 Å². The molecule has 2 N–H and O–H groups in total. The maximum atomic E-state index is 8.79. The van der Waals surface area contributed by atoms with Crippen LogP contribution >= 0.6 is 11.3 Å². The SMILES string of the molecule is CC(CCCO)NCc1ncc(-c2ccccc2)s1. The van der Waals surface area contributed by atoms with Crippen LogP contribution in [0.1, 0.15) is 24.8 Å². The first-order chi connectivity index (χ1) is 9.29. The fourth-order valence-electron chi connectivity index (χ4n) is 1.89. The van der Waals surface area contributed by atoms with Crippen LogP contribution in [0, 0.1) is 0 Å². The second-order valence-electron chi connectivity index (χ2n) is 4.63. The van der Waals surface area contributed by atoms with E-state index in [-0.39, 0.29) is 6.61 Å². The van der Waals surface area contributed by atoms with Gasteiger partial charge >= 0.3 is 0 Å². The van der Waals surface area contributed by atoms with Crippen LogP contribution < -0.4 is 5.32 Å². The molecule has 4 heteroatoms. The van der Waals surface area contributed by atoms with Crippen LogP contribution in [-0.2, 0) is 6.54 Å². The summed E-state index contributed by atoms with van der Waals surface area (Å²) in [6.07, 6.45) is 3.78. The van der Waals surface area contributed by atoms with Crippen molar-refractivity contribution in [1.82, 2.24) is 10.3 Å². The van der Waals surface area contributed by atoms with Crippen LogP contribution in [0.5, 0.6) is 0 Å². The lowest BCUT2D eigenvalue weighted by Gasteiger charge is -2.11. The number of aliphatic hydroxyl groups is 1. The van der Waals surface area contributed by atoms with E-state index in [1.54, 1.807) is 11.3 Å². The van der Waals surface area contributed by atoms with Crippen LogP contribution in [0.2, 0.25) is 0 Å². The third-order valence-electron chi connectivity index (χ3n) is 3.01. The number of aromatic nitrogens is 1. The second-order valence-corrected chi connectivity index (χ2v) is 5.75. The molecule has 0 radical (unpaired) electrons. The van der Waals surface area contributed by atoms with Crippen molar-refractivity contribution in [2.45, 2.75) is 32.4 Å². The number of nitrogens with one attached hydrogen (secondary N) is 1. The van der Waals surface area contributed by atoms with E-state index < -0.39 is 0 Å². The largest absolute Gasteiger partial charge is 0.396 e. The first kappa shape index (κ1) is 14.2. The van der Waals surface area contributed by atoms with Crippen molar-refractivity contribution in [2.75, 3.05) is 6.61 Å². The van der Waals surface area contributed by atoms with Crippen molar-refractivity contribution in [2.24, 2.45) is 0 Å². The highest BCUT2D eigenvalue weighted by Crippen LogP contribution is 2.25. The highest BCUT2D eigenvalue weighted by molar-refractivity contribution is 7.15. The quantitative estimate of drug-likeness (QED) is 0.817. The predicted molar refractivity (Wildman–Crippen MR) is 80.2 cm³/mol. The number of aliphatic hydroxyl groups excluding tert-OH is 1. The standard InChI is InChI=1S/C15H20N2OS/c1-12(6-5-9-18)16-11-15-17-10-14(19-15)13-7-3-2-4-8-13/h2-4,7-8,10,12,16,18H,5-6,9,11H2,1H3. The summed E-state index contributed by atoms with van der Waals surface area (Å²) in [6, 6.07) is 10.7. The van der Waals surface area contributed by atoms with Crippen molar-refractivity contribution in [1.29, 1.82) is 0 Å². The van der Waals surface area contributed by atoms with Crippen molar-refractivity contribution < 1.29 is 5.11 Å². The first-order valence-electron chi connectivity index (χ1n) is 6.64. The molecule has 0 spiro atoms. The predicted octanol–water partition coefficient (Wildman–Crippen LogP) is 3.06. The number of thiazole rings is 1. The molecule has 1 aromatic heterocycles. The van der Waals surface area contributed by atoms with Crippen LogP contribution in [-0.4, -0.2) is 22.7 Å². The Labute approximate surface area is 118 Å². The fourth-order valence-corrected chi connectivity index (χ4v) is 2.76. The monoisotopic (exact) mass is 276 g/mol. The average Bonchev–Trinajstić information content (AvgIpc) is 2.93. The van der Waals surface area contributed by atoms with Gasteiger partial charge in [-0.15, -0.1) is 11.3 Å². The van der Waals surface area contributed by atoms with Crippen molar-refractivity contribution >= 4 is 11.3 Å². The van der Waals surface area contributed by atoms with Crippen LogP contribution in [0.15, 0.2) is 36.5 Å². The Hall–Kier alpha value is -1.23. The minimum absolute atomic E-state index is 0.265. The fraction of sp³-hybridized carbons (Fsp3) is 0.400. The van der Waals surface area contributed by atoms with E-state index >= 15 is 0 Å². The van der Waals surface area contributed by atoms with Crippen LogP contribution in [0.25, 0.3) is 10.4 Å². The summed E-state index contributed by atoms with van der Waals surface area (Å²) in [5, 5.41) is 13.3. The maximum absolute atomic E-state index is 8.79. The molecule has 0 amide bonds. The van der Waals surface area contributed by atoms with Gasteiger partial charge in [-0.3, -0.25) is 0 Å². The molecule has 0 aliphatic rings. The molecule has 0 aliphatic heterocycles. The van der Waals surface area contributed by atoms with Gasteiger partial charge in [0.05, 0.1) is 4.88 Å². The molecule has 0 saturated carbocycles. The second kappa shape index (κ2) is 7.38. The zero-order chi connectivity index (χ0) is 13.5. The minimum Gasteiger partial charge on any atom is -0.396 e. The molecule has 102 valence electrons. The summed E-state index contributed by atoms with van der Waals surface area (Å²) in [5.41, 5.74) is 1.22. The summed E-state index contributed by atoms with van der Waals surface area (Å²) < 4.78 is 0. The van der Waals surface area contributed by atoms with Crippen molar-refractivity contribution in [3.8, 4) is 10.4 Å². The van der Waals surface area contributed by atoms with Crippen molar-refractivity contribution in [3.05, 3.63) is 41.5 Å². The molecular weight excluding hydrogens is 256 g/mol. The van der Waals surface area contributed by atoms with E-state index in [9.17, 15) is 0 Å². The Balaban J connectivity index is 1.88. The molecular formula is C15H20N2OS. The molecule has 1 aromatic carbocycles. The first-order valence-corrected chi connectivity index (χ1v) is 7.45. The van der Waals surface area contributed by atoms with Gasteiger partial charge in [0.15, 0.2) is 0 Å². The van der Waals surface area contributed by atoms with Gasteiger partial charge in [0.2, 0.25) is 0 Å². The molecule has 1 heterocycles. The van der Waals surface area contributed by atoms with Crippen LogP contribution in [0.3, 0.4) is 0 Å². The number of rotatable bonds is 7. The summed E-state index contributed by atoms with van der Waals surface area (Å²) in [4.78, 5) is 5.66. The normalized spacial score (nSPS) is 12.5. The van der Waals surface area contributed by atoms with E-state index in [0.29, 0.717) is 6.04 Å². The minimum atomic E-state index is 0.265. The molecule has 2 aromatic rings. The number of nitrogens with zero attached hydrogens (tertiary/aromatic N) is 1. The lowest BCUT2D eigenvalue weighted by atomic mass is 10.2. The summed E-state index contributed by atoms with van der Waals surface area (Å²) in [7, 11) is 0. The zero-order valence-electron chi connectivity index (χ0n) is 11.2. The Kier molecular flexibility index (Phi) is 5.51. The Morgan fingerprint density at radius 1 is 1.32 bits per heavy atom. The number of hydrogen-bond donors (Lipinski definition) is 2. The molecule has 3 nitrogen and oxygen atoms in total. The van der Waals surface area contributed by atoms with Gasteiger partial charge in [-0.05, 0) is 25.3 Å². The Bertz CT molecular complexity index is 484. The van der Waals surface area contributed by atoms with Gasteiger partial charge in [-0.2, -0.15) is 0 Å². The lowest BCUT2D eigenvalue weighted by Crippen LogP contribution is -2.25. The zero-order valence-corrected chi connectivity index (χ0v) is 12.0. The average molecular weight is 276 g/mol. The number of benzene rings is 1. The van der Waals surface area contributed by atoms with E-state index in [1.807, 2.05) is 24.4 Å². The van der Waals surface area contributed by atoms with Gasteiger partial charge in [-0.25, -0.2) is 4.98 Å². The molecule has 1 atom stereocenters. The summed E-state index contributed by atoms with van der Waals surface area (Å²) >= 11 is 1.73. The molecule has 0 saturated heterocycles. The lowest BCUT2D eigenvalue weighted by molar-refractivity contribution is 0.276. The van der Waals surface area contributed by atoms with Gasteiger partial charge in [-0.1, -0.05) is 30.3 Å². The van der Waals surface area contributed by atoms with E-state index in [1.165, 1.54) is 10.4 Å². The highest BCUT2D eigenvalue weighted by Gasteiger charge is 2.06. The van der Waals surface area contributed by atoms with Crippen molar-refractivity contribution in [3.63, 3.8) is 0 Å². The summed E-state index contributed by atoms with van der Waals surface area (Å²) in [6.45, 7) is 3.20. The van der Waals surface area contributed by atoms with Gasteiger partial charge in [0.1, 0.15) is 5.01 Å². The van der Waals surface area contributed by atoms with Crippen LogP contribution in [0.4, 0.5) is 0 Å². The third-order valence-corrected chi connectivity index (χ3v) is 4.06. The van der Waals surface area contributed by atoms with E-state index in [0.717, 1.165) is 24.4 Å². The van der Waals surface area contributed by atoms with Gasteiger partial charge < -0.3 is 10.4 Å². The smallest absolute Gasteiger partial charge is 0.107 e. The molecule has 0 aliphatic carbocycles. The Morgan fingerprint density at radius 2 is 2.11 bits per heavy atom. The highest BCUT2D eigenvalue weighted by atomic mass is 32.1. The molecule has 0 bridgehead atoms. The molecule has 1 unspecified atom stereocenters.